The molecule has 3 aromatic rings. The van der Waals surface area contributed by atoms with Crippen molar-refractivity contribution in [1.29, 1.82) is 0 Å². The molecule has 0 bridgehead atoms. The summed E-state index contributed by atoms with van der Waals surface area (Å²) in [7, 11) is 4.74. The molecule has 33 heavy (non-hydrogen) atoms. The number of ether oxygens (including phenoxy) is 4. The second kappa shape index (κ2) is 11.6. The normalized spacial score (nSPS) is 10.7. The first-order valence-corrected chi connectivity index (χ1v) is 10.3. The molecule has 0 heterocycles. The van der Waals surface area contributed by atoms with Crippen molar-refractivity contribution in [2.24, 2.45) is 0 Å². The van der Waals surface area contributed by atoms with Gasteiger partial charge in [0, 0.05) is 24.3 Å². The van der Waals surface area contributed by atoms with Crippen LogP contribution in [-0.4, -0.2) is 33.8 Å². The first-order chi connectivity index (χ1) is 16.0. The van der Waals surface area contributed by atoms with E-state index in [9.17, 15) is 9.18 Å². The molecule has 0 fully saturated rings. The van der Waals surface area contributed by atoms with E-state index in [1.807, 2.05) is 18.2 Å². The van der Waals surface area contributed by atoms with E-state index in [0.717, 1.165) is 11.1 Å². The summed E-state index contributed by atoms with van der Waals surface area (Å²) in [5.41, 5.74) is 2.33. The number of carbonyl (C=O) groups excluding carboxylic acids is 1. The highest BCUT2D eigenvalue weighted by molar-refractivity contribution is 6.02. The van der Waals surface area contributed by atoms with Gasteiger partial charge in [-0.05, 0) is 53.6 Å². The fraction of sp³-hybridized carbons (Fsp3) is 0.192. The molecule has 3 rings (SSSR count). The highest BCUT2D eigenvalue weighted by Gasteiger charge is 2.09. The quantitative estimate of drug-likeness (QED) is 0.433. The van der Waals surface area contributed by atoms with Crippen LogP contribution >= 0.6 is 0 Å². The first kappa shape index (κ1) is 23.7. The van der Waals surface area contributed by atoms with Gasteiger partial charge in [-0.3, -0.25) is 4.79 Å². The average molecular weight is 451 g/mol. The van der Waals surface area contributed by atoms with E-state index in [1.165, 1.54) is 25.3 Å². The highest BCUT2D eigenvalue weighted by Crippen LogP contribution is 2.31. The molecule has 172 valence electrons. The van der Waals surface area contributed by atoms with Crippen molar-refractivity contribution in [3.8, 4) is 23.0 Å². The second-order valence-corrected chi connectivity index (χ2v) is 7.03. The SMILES string of the molecule is COc1ccc(CCOc2ccc(NC(=O)/C=C/c3ccc(F)cc3)cc2OC)cc1OC. The van der Waals surface area contributed by atoms with Crippen molar-refractivity contribution in [2.75, 3.05) is 33.3 Å². The number of amides is 1. The molecule has 0 atom stereocenters. The zero-order valence-corrected chi connectivity index (χ0v) is 18.8. The summed E-state index contributed by atoms with van der Waals surface area (Å²) in [4.78, 5) is 12.2. The standard InChI is InChI=1S/C26H26FNO5/c1-30-22-11-6-19(16-24(22)31-2)14-15-33-23-12-10-21(17-25(23)32-3)28-26(29)13-7-18-4-8-20(27)9-5-18/h4-13,16-17H,14-15H2,1-3H3,(H,28,29)/b13-7+. The molecule has 0 radical (unpaired) electrons. The third-order valence-electron chi connectivity index (χ3n) is 4.82. The Kier molecular flexibility index (Phi) is 8.30. The van der Waals surface area contributed by atoms with Crippen molar-refractivity contribution in [3.63, 3.8) is 0 Å². The lowest BCUT2D eigenvalue weighted by molar-refractivity contribution is -0.111. The Balaban J connectivity index is 1.57. The van der Waals surface area contributed by atoms with Crippen LogP contribution in [0.4, 0.5) is 10.1 Å². The van der Waals surface area contributed by atoms with Gasteiger partial charge in [0.2, 0.25) is 5.91 Å². The number of hydrogen-bond donors (Lipinski definition) is 1. The number of anilines is 1. The second-order valence-electron chi connectivity index (χ2n) is 7.03. The van der Waals surface area contributed by atoms with Crippen LogP contribution in [0.25, 0.3) is 6.08 Å². The molecule has 0 spiro atoms. The molecular formula is C26H26FNO5. The Bertz CT molecular complexity index is 1110. The van der Waals surface area contributed by atoms with Crippen LogP contribution in [0.3, 0.4) is 0 Å². The maximum Gasteiger partial charge on any atom is 0.248 e. The average Bonchev–Trinajstić information content (AvgIpc) is 2.84. The number of methoxy groups -OCH3 is 3. The third kappa shape index (κ3) is 6.74. The zero-order valence-electron chi connectivity index (χ0n) is 18.8. The number of rotatable bonds is 10. The molecule has 0 unspecified atom stereocenters. The Hall–Kier alpha value is -4.00. The van der Waals surface area contributed by atoms with Crippen molar-refractivity contribution < 1.29 is 28.1 Å². The Morgan fingerprint density at radius 1 is 0.848 bits per heavy atom. The lowest BCUT2D eigenvalue weighted by Gasteiger charge is -2.13. The minimum Gasteiger partial charge on any atom is -0.493 e. The molecule has 0 saturated heterocycles. The van der Waals surface area contributed by atoms with Gasteiger partial charge in [0.05, 0.1) is 27.9 Å². The highest BCUT2D eigenvalue weighted by atomic mass is 19.1. The molecule has 0 aliphatic rings. The summed E-state index contributed by atoms with van der Waals surface area (Å²) >= 11 is 0. The summed E-state index contributed by atoms with van der Waals surface area (Å²) < 4.78 is 34.8. The fourth-order valence-electron chi connectivity index (χ4n) is 3.11. The maximum absolute atomic E-state index is 13.0. The van der Waals surface area contributed by atoms with Gasteiger partial charge in [-0.15, -0.1) is 0 Å². The Labute approximate surface area is 192 Å². The van der Waals surface area contributed by atoms with Crippen molar-refractivity contribution in [3.05, 3.63) is 83.7 Å². The van der Waals surface area contributed by atoms with Gasteiger partial charge >= 0.3 is 0 Å². The molecule has 1 N–H and O–H groups in total. The number of benzene rings is 3. The van der Waals surface area contributed by atoms with E-state index in [0.29, 0.717) is 41.7 Å². The van der Waals surface area contributed by atoms with Gasteiger partial charge in [0.25, 0.3) is 0 Å². The van der Waals surface area contributed by atoms with Crippen molar-refractivity contribution in [1.82, 2.24) is 0 Å². The summed E-state index contributed by atoms with van der Waals surface area (Å²) in [6, 6.07) is 16.8. The van der Waals surface area contributed by atoms with Crippen LogP contribution in [0, 0.1) is 5.82 Å². The minimum absolute atomic E-state index is 0.316. The molecule has 0 aliphatic carbocycles. The number of hydrogen-bond acceptors (Lipinski definition) is 5. The lowest BCUT2D eigenvalue weighted by Crippen LogP contribution is -2.08. The van der Waals surface area contributed by atoms with Crippen LogP contribution in [0.5, 0.6) is 23.0 Å². The Morgan fingerprint density at radius 2 is 1.52 bits per heavy atom. The molecule has 7 heteroatoms. The topological polar surface area (TPSA) is 66.0 Å². The smallest absolute Gasteiger partial charge is 0.248 e. The lowest BCUT2D eigenvalue weighted by atomic mass is 10.1. The summed E-state index contributed by atoms with van der Waals surface area (Å²) in [5, 5.41) is 2.77. The molecule has 0 aliphatic heterocycles. The number of carbonyl (C=O) groups is 1. The molecule has 6 nitrogen and oxygen atoms in total. The van der Waals surface area contributed by atoms with Gasteiger partial charge in [0.1, 0.15) is 5.82 Å². The van der Waals surface area contributed by atoms with Gasteiger partial charge in [-0.2, -0.15) is 0 Å². The molecule has 0 aromatic heterocycles. The summed E-state index contributed by atoms with van der Waals surface area (Å²) in [6.07, 6.45) is 3.65. The van der Waals surface area contributed by atoms with Crippen molar-refractivity contribution in [2.45, 2.75) is 6.42 Å². The van der Waals surface area contributed by atoms with Gasteiger partial charge in [-0.25, -0.2) is 4.39 Å². The first-order valence-electron chi connectivity index (χ1n) is 10.3. The summed E-state index contributed by atoms with van der Waals surface area (Å²) in [6.45, 7) is 0.429. The van der Waals surface area contributed by atoms with Crippen LogP contribution in [-0.2, 0) is 11.2 Å². The van der Waals surface area contributed by atoms with Gasteiger partial charge in [0.15, 0.2) is 23.0 Å². The van der Waals surface area contributed by atoms with Crippen LogP contribution in [0.2, 0.25) is 0 Å². The van der Waals surface area contributed by atoms with Crippen LogP contribution in [0.1, 0.15) is 11.1 Å². The predicted molar refractivity (Wildman–Crippen MR) is 126 cm³/mol. The van der Waals surface area contributed by atoms with E-state index in [1.54, 1.807) is 50.6 Å². The van der Waals surface area contributed by atoms with E-state index < -0.39 is 0 Å². The van der Waals surface area contributed by atoms with E-state index in [2.05, 4.69) is 5.32 Å². The third-order valence-corrected chi connectivity index (χ3v) is 4.82. The Morgan fingerprint density at radius 3 is 2.21 bits per heavy atom. The summed E-state index contributed by atoms with van der Waals surface area (Å²) in [5.74, 6) is 1.77. The predicted octanol–water partition coefficient (Wildman–Crippen LogP) is 5.12. The zero-order chi connectivity index (χ0) is 23.6. The fourth-order valence-corrected chi connectivity index (χ4v) is 3.11. The molecular weight excluding hydrogens is 425 g/mol. The van der Waals surface area contributed by atoms with Crippen molar-refractivity contribution >= 4 is 17.7 Å². The van der Waals surface area contributed by atoms with E-state index >= 15 is 0 Å². The van der Waals surface area contributed by atoms with Crippen LogP contribution in [0.15, 0.2) is 66.7 Å². The largest absolute Gasteiger partial charge is 0.493 e. The van der Waals surface area contributed by atoms with Crippen LogP contribution < -0.4 is 24.3 Å². The van der Waals surface area contributed by atoms with Gasteiger partial charge < -0.3 is 24.3 Å². The minimum atomic E-state index is -0.324. The maximum atomic E-state index is 13.0. The van der Waals surface area contributed by atoms with E-state index in [-0.39, 0.29) is 11.7 Å². The van der Waals surface area contributed by atoms with Gasteiger partial charge in [-0.1, -0.05) is 18.2 Å². The number of nitrogens with one attached hydrogen (secondary N) is 1. The molecule has 1 amide bonds. The van der Waals surface area contributed by atoms with E-state index in [4.69, 9.17) is 18.9 Å². The molecule has 3 aromatic carbocycles. The number of halogens is 1. The monoisotopic (exact) mass is 451 g/mol. The molecule has 0 saturated carbocycles.